The van der Waals surface area contributed by atoms with Crippen LogP contribution in [0.4, 0.5) is 9.59 Å². The van der Waals surface area contributed by atoms with Crippen LogP contribution in [0.5, 0.6) is 0 Å². The molecule has 1 aromatic heterocycles. The summed E-state index contributed by atoms with van der Waals surface area (Å²) in [6.45, 7) is 0.920. The van der Waals surface area contributed by atoms with Crippen LogP contribution in [0.15, 0.2) is 34.7 Å². The van der Waals surface area contributed by atoms with Crippen LogP contribution >= 0.6 is 0 Å². The van der Waals surface area contributed by atoms with E-state index in [1.807, 2.05) is 30.3 Å². The molecule has 2 atom stereocenters. The van der Waals surface area contributed by atoms with E-state index in [1.54, 1.807) is 4.90 Å². The number of hydrogen-bond donors (Lipinski definition) is 2. The Kier molecular flexibility index (Phi) is 4.78. The lowest BCUT2D eigenvalue weighted by molar-refractivity contribution is -0.140. The standard InChI is InChI=1S/C20H23N5O5/c26-19(27)21-14-8-13(9-14)17-22-23-18(30-17)16-7-6-15-10-24(16)20(28)25(15)29-11-12-4-2-1-3-5-12/h1-5,13-16,21H,6-11H2,(H,26,27)/t13-,14-,15-,16+/m1/s1. The number of rotatable bonds is 6. The number of carbonyl (C=O) groups is 2. The molecule has 5 rings (SSSR count). The Morgan fingerprint density at radius 1 is 1.20 bits per heavy atom. The van der Waals surface area contributed by atoms with Gasteiger partial charge in [-0.3, -0.25) is 4.84 Å². The van der Waals surface area contributed by atoms with Gasteiger partial charge in [0.25, 0.3) is 0 Å². The zero-order valence-electron chi connectivity index (χ0n) is 16.3. The molecule has 1 aliphatic carbocycles. The highest BCUT2D eigenvalue weighted by Gasteiger charge is 2.48. The van der Waals surface area contributed by atoms with Gasteiger partial charge in [0.1, 0.15) is 12.6 Å². The van der Waals surface area contributed by atoms with Gasteiger partial charge >= 0.3 is 12.1 Å². The van der Waals surface area contributed by atoms with Gasteiger partial charge in [0, 0.05) is 18.5 Å². The van der Waals surface area contributed by atoms with Gasteiger partial charge in [-0.1, -0.05) is 30.3 Å². The molecule has 2 aromatic rings. The van der Waals surface area contributed by atoms with Gasteiger partial charge in [0.2, 0.25) is 11.8 Å². The number of nitrogens with one attached hydrogen (secondary N) is 1. The second-order valence-electron chi connectivity index (χ2n) is 8.06. The molecule has 10 heteroatoms. The number of aromatic nitrogens is 2. The smallest absolute Gasteiger partial charge is 0.404 e. The van der Waals surface area contributed by atoms with Crippen LogP contribution in [0.2, 0.25) is 0 Å². The average molecular weight is 413 g/mol. The summed E-state index contributed by atoms with van der Waals surface area (Å²) in [4.78, 5) is 31.2. The van der Waals surface area contributed by atoms with Gasteiger partial charge in [-0.05, 0) is 31.2 Å². The van der Waals surface area contributed by atoms with Gasteiger partial charge in [-0.2, -0.15) is 5.06 Å². The highest BCUT2D eigenvalue weighted by atomic mass is 16.7. The fourth-order valence-electron chi connectivity index (χ4n) is 4.43. The van der Waals surface area contributed by atoms with Crippen molar-refractivity contribution in [3.05, 3.63) is 47.7 Å². The first-order valence-electron chi connectivity index (χ1n) is 10.2. The number of hydroxylamine groups is 2. The SMILES string of the molecule is O=C(O)N[C@H]1C[C@H](c2nnc([C@@H]3CC[C@@H]4CN3C(=O)N4OCc3ccccc3)o2)C1. The van der Waals surface area contributed by atoms with Crippen LogP contribution < -0.4 is 5.32 Å². The highest BCUT2D eigenvalue weighted by molar-refractivity contribution is 5.77. The molecule has 0 radical (unpaired) electrons. The lowest BCUT2D eigenvalue weighted by atomic mass is 9.80. The monoisotopic (exact) mass is 413 g/mol. The molecule has 3 aliphatic rings. The van der Waals surface area contributed by atoms with E-state index in [0.717, 1.165) is 18.4 Å². The maximum atomic E-state index is 12.9. The zero-order valence-corrected chi connectivity index (χ0v) is 16.3. The molecule has 2 bridgehead atoms. The summed E-state index contributed by atoms with van der Waals surface area (Å²) in [6.07, 6.45) is 1.80. The molecule has 0 spiro atoms. The van der Waals surface area contributed by atoms with Crippen molar-refractivity contribution in [2.45, 2.75) is 56.3 Å². The molecule has 2 saturated heterocycles. The number of benzene rings is 1. The van der Waals surface area contributed by atoms with Crippen molar-refractivity contribution in [2.75, 3.05) is 6.54 Å². The number of urea groups is 1. The van der Waals surface area contributed by atoms with Gasteiger partial charge < -0.3 is 19.7 Å². The highest BCUT2D eigenvalue weighted by Crippen LogP contribution is 2.40. The minimum absolute atomic E-state index is 0.0225. The lowest BCUT2D eigenvalue weighted by Gasteiger charge is -2.32. The van der Waals surface area contributed by atoms with E-state index >= 15 is 0 Å². The lowest BCUT2D eigenvalue weighted by Crippen LogP contribution is -2.42. The molecular formula is C20H23N5O5. The van der Waals surface area contributed by atoms with Crippen molar-refractivity contribution in [3.8, 4) is 0 Å². The third kappa shape index (κ3) is 3.47. The number of fused-ring (bicyclic) bond motifs is 2. The Balaban J connectivity index is 1.21. The maximum Gasteiger partial charge on any atom is 0.404 e. The van der Waals surface area contributed by atoms with Crippen molar-refractivity contribution in [3.63, 3.8) is 0 Å². The van der Waals surface area contributed by atoms with Crippen molar-refractivity contribution in [2.24, 2.45) is 0 Å². The molecule has 1 aromatic carbocycles. The molecule has 3 heterocycles. The topological polar surface area (TPSA) is 121 Å². The number of carbonyl (C=O) groups excluding carboxylic acids is 1. The number of carboxylic acid groups (broad SMARTS) is 1. The van der Waals surface area contributed by atoms with E-state index in [1.165, 1.54) is 5.06 Å². The largest absolute Gasteiger partial charge is 0.465 e. The molecule has 2 N–H and O–H groups in total. The minimum atomic E-state index is -1.02. The predicted molar refractivity (Wildman–Crippen MR) is 102 cm³/mol. The van der Waals surface area contributed by atoms with Crippen LogP contribution in [-0.2, 0) is 11.4 Å². The second kappa shape index (κ2) is 7.60. The summed E-state index contributed by atoms with van der Waals surface area (Å²) in [6, 6.07) is 9.28. The molecule has 3 amide bonds. The first-order chi connectivity index (χ1) is 14.6. The summed E-state index contributed by atoms with van der Waals surface area (Å²) in [5, 5.41) is 21.1. The van der Waals surface area contributed by atoms with Gasteiger partial charge in [-0.15, -0.1) is 10.2 Å². The molecular weight excluding hydrogens is 390 g/mol. The van der Waals surface area contributed by atoms with Crippen molar-refractivity contribution >= 4 is 12.1 Å². The normalized spacial score (nSPS) is 27.8. The maximum absolute atomic E-state index is 12.9. The van der Waals surface area contributed by atoms with E-state index in [-0.39, 0.29) is 30.1 Å². The molecule has 3 fully saturated rings. The van der Waals surface area contributed by atoms with E-state index in [0.29, 0.717) is 37.8 Å². The average Bonchev–Trinajstić information content (AvgIpc) is 3.28. The van der Waals surface area contributed by atoms with Gasteiger partial charge in [0.15, 0.2) is 0 Å². The minimum Gasteiger partial charge on any atom is -0.465 e. The zero-order chi connectivity index (χ0) is 20.7. The third-order valence-corrected chi connectivity index (χ3v) is 6.09. The number of amides is 3. The summed E-state index contributed by atoms with van der Waals surface area (Å²) in [5.41, 5.74) is 1.01. The Bertz CT molecular complexity index is 929. The quantitative estimate of drug-likeness (QED) is 0.747. The predicted octanol–water partition coefficient (Wildman–Crippen LogP) is 2.66. The van der Waals surface area contributed by atoms with Crippen LogP contribution in [-0.4, -0.2) is 56.0 Å². The number of nitrogens with zero attached hydrogens (tertiary/aromatic N) is 4. The summed E-state index contributed by atoms with van der Waals surface area (Å²) < 4.78 is 5.89. The second-order valence-corrected chi connectivity index (χ2v) is 8.06. The Labute approximate surface area is 172 Å². The van der Waals surface area contributed by atoms with E-state index in [2.05, 4.69) is 15.5 Å². The molecule has 0 unspecified atom stereocenters. The van der Waals surface area contributed by atoms with Crippen LogP contribution in [0.1, 0.15) is 55.0 Å². The van der Waals surface area contributed by atoms with Crippen LogP contribution in [0, 0.1) is 0 Å². The molecule has 158 valence electrons. The first-order valence-corrected chi connectivity index (χ1v) is 10.2. The van der Waals surface area contributed by atoms with Crippen LogP contribution in [0.3, 0.4) is 0 Å². The fraction of sp³-hybridized carbons (Fsp3) is 0.500. The van der Waals surface area contributed by atoms with E-state index in [9.17, 15) is 9.59 Å². The molecule has 2 aliphatic heterocycles. The van der Waals surface area contributed by atoms with Crippen molar-refractivity contribution < 1.29 is 24.0 Å². The third-order valence-electron chi connectivity index (χ3n) is 6.09. The van der Waals surface area contributed by atoms with E-state index < -0.39 is 6.09 Å². The van der Waals surface area contributed by atoms with Crippen molar-refractivity contribution in [1.82, 2.24) is 25.5 Å². The van der Waals surface area contributed by atoms with E-state index in [4.69, 9.17) is 14.4 Å². The summed E-state index contributed by atoms with van der Waals surface area (Å²) in [5.74, 6) is 1.01. The fourth-order valence-corrected chi connectivity index (χ4v) is 4.43. The van der Waals surface area contributed by atoms with Gasteiger partial charge in [0.05, 0.1) is 6.04 Å². The molecule has 10 nitrogen and oxygen atoms in total. The summed E-state index contributed by atoms with van der Waals surface area (Å²) >= 11 is 0. The molecule has 1 saturated carbocycles. The number of piperidine rings is 1. The van der Waals surface area contributed by atoms with Gasteiger partial charge in [-0.25, -0.2) is 9.59 Å². The Hall–Kier alpha value is -3.14. The first kappa shape index (κ1) is 18.9. The summed E-state index contributed by atoms with van der Waals surface area (Å²) in [7, 11) is 0. The Morgan fingerprint density at radius 2 is 1.97 bits per heavy atom. The van der Waals surface area contributed by atoms with Crippen LogP contribution in [0.25, 0.3) is 0 Å². The Morgan fingerprint density at radius 3 is 2.73 bits per heavy atom. The molecule has 30 heavy (non-hydrogen) atoms. The number of hydrogen-bond acceptors (Lipinski definition) is 6. The van der Waals surface area contributed by atoms with Crippen molar-refractivity contribution in [1.29, 1.82) is 0 Å².